The van der Waals surface area contributed by atoms with Crippen molar-refractivity contribution < 1.29 is 0 Å². The van der Waals surface area contributed by atoms with Crippen molar-refractivity contribution in [3.8, 4) is 0 Å². The molecule has 0 amide bonds. The maximum atomic E-state index is 4.65. The fourth-order valence-electron chi connectivity index (χ4n) is 2.30. The van der Waals surface area contributed by atoms with Gasteiger partial charge in [-0.25, -0.2) is 9.97 Å². The van der Waals surface area contributed by atoms with Gasteiger partial charge in [-0.1, -0.05) is 0 Å². The summed E-state index contributed by atoms with van der Waals surface area (Å²) in [5.74, 6) is 1.01. The molecule has 1 saturated heterocycles. The molecule has 0 atom stereocenters. The Morgan fingerprint density at radius 3 is 2.76 bits per heavy atom. The minimum absolute atomic E-state index is 0.968. The Labute approximate surface area is 100 Å². The first-order chi connectivity index (χ1) is 8.25. The summed E-state index contributed by atoms with van der Waals surface area (Å²) in [6.07, 6.45) is 3.95. The summed E-state index contributed by atoms with van der Waals surface area (Å²) in [5.41, 5.74) is 3.16. The number of hydrogen-bond acceptors (Lipinski definition) is 4. The molecule has 1 aliphatic heterocycles. The molecule has 0 bridgehead atoms. The van der Waals surface area contributed by atoms with Crippen molar-refractivity contribution in [1.82, 2.24) is 19.7 Å². The van der Waals surface area contributed by atoms with Gasteiger partial charge in [0.15, 0.2) is 11.5 Å². The lowest BCUT2D eigenvalue weighted by molar-refractivity contribution is 0.584. The van der Waals surface area contributed by atoms with Crippen molar-refractivity contribution in [2.24, 2.45) is 0 Å². The molecule has 17 heavy (non-hydrogen) atoms. The molecule has 5 heteroatoms. The molecule has 0 aliphatic carbocycles. The monoisotopic (exact) mass is 231 g/mol. The average Bonchev–Trinajstić information content (AvgIpc) is 2.72. The van der Waals surface area contributed by atoms with Crippen LogP contribution in [-0.2, 0) is 0 Å². The topological polar surface area (TPSA) is 45.5 Å². The van der Waals surface area contributed by atoms with Crippen LogP contribution in [0.4, 0.5) is 5.82 Å². The minimum Gasteiger partial charge on any atom is -0.351 e. The highest BCUT2D eigenvalue weighted by Crippen LogP contribution is 2.20. The van der Waals surface area contributed by atoms with E-state index in [0.29, 0.717) is 0 Å². The van der Waals surface area contributed by atoms with E-state index in [2.05, 4.69) is 31.5 Å². The van der Waals surface area contributed by atoms with E-state index in [-0.39, 0.29) is 0 Å². The number of nitrogens with zero attached hydrogens (tertiary/aromatic N) is 4. The molecular formula is C12H17N5. The highest BCUT2D eigenvalue weighted by Gasteiger charge is 2.17. The Balaban J connectivity index is 2.13. The van der Waals surface area contributed by atoms with Crippen LogP contribution in [-0.4, -0.2) is 40.5 Å². The van der Waals surface area contributed by atoms with Crippen molar-refractivity contribution in [2.45, 2.75) is 13.8 Å². The zero-order valence-corrected chi connectivity index (χ0v) is 10.3. The van der Waals surface area contributed by atoms with Gasteiger partial charge >= 0.3 is 0 Å². The van der Waals surface area contributed by atoms with Gasteiger partial charge in [0.2, 0.25) is 0 Å². The molecule has 90 valence electrons. The lowest BCUT2D eigenvalue weighted by Crippen LogP contribution is -2.44. The van der Waals surface area contributed by atoms with E-state index in [9.17, 15) is 0 Å². The summed E-state index contributed by atoms with van der Waals surface area (Å²) in [5, 5.41) is 3.36. The third-order valence-corrected chi connectivity index (χ3v) is 3.20. The van der Waals surface area contributed by atoms with Crippen LogP contribution in [0.1, 0.15) is 11.4 Å². The zero-order valence-electron chi connectivity index (χ0n) is 10.3. The molecule has 2 aromatic heterocycles. The van der Waals surface area contributed by atoms with Gasteiger partial charge in [0, 0.05) is 44.3 Å². The third-order valence-electron chi connectivity index (χ3n) is 3.20. The number of piperazine rings is 1. The number of aromatic nitrogens is 3. The van der Waals surface area contributed by atoms with E-state index < -0.39 is 0 Å². The van der Waals surface area contributed by atoms with Crippen molar-refractivity contribution in [3.63, 3.8) is 0 Å². The van der Waals surface area contributed by atoms with Crippen LogP contribution in [0.15, 0.2) is 12.4 Å². The van der Waals surface area contributed by atoms with Crippen LogP contribution in [0, 0.1) is 13.8 Å². The van der Waals surface area contributed by atoms with E-state index in [1.807, 2.05) is 19.3 Å². The third kappa shape index (κ3) is 1.76. The molecule has 1 N–H and O–H groups in total. The van der Waals surface area contributed by atoms with Gasteiger partial charge in [0.25, 0.3) is 0 Å². The maximum Gasteiger partial charge on any atom is 0.180 e. The van der Waals surface area contributed by atoms with Crippen LogP contribution in [0.3, 0.4) is 0 Å². The summed E-state index contributed by atoms with van der Waals surface area (Å²) in [6, 6.07) is 0. The van der Waals surface area contributed by atoms with Crippen molar-refractivity contribution in [3.05, 3.63) is 23.8 Å². The minimum atomic E-state index is 0.968. The molecular weight excluding hydrogens is 214 g/mol. The summed E-state index contributed by atoms with van der Waals surface area (Å²) in [6.45, 7) is 8.13. The Bertz CT molecular complexity index is 539. The van der Waals surface area contributed by atoms with Gasteiger partial charge in [-0.15, -0.1) is 0 Å². The van der Waals surface area contributed by atoms with Crippen molar-refractivity contribution in [1.29, 1.82) is 0 Å². The van der Waals surface area contributed by atoms with Crippen molar-refractivity contribution >= 4 is 11.5 Å². The molecule has 1 fully saturated rings. The second kappa shape index (κ2) is 4.00. The average molecular weight is 231 g/mol. The Kier molecular flexibility index (Phi) is 2.48. The predicted octanol–water partition coefficient (Wildman–Crippen LogP) is 0.756. The van der Waals surface area contributed by atoms with Gasteiger partial charge < -0.3 is 10.2 Å². The highest BCUT2D eigenvalue weighted by atomic mass is 15.3. The fraction of sp³-hybridized carbons (Fsp3) is 0.500. The first kappa shape index (κ1) is 10.5. The summed E-state index contributed by atoms with van der Waals surface area (Å²) in [4.78, 5) is 11.4. The van der Waals surface area contributed by atoms with Crippen LogP contribution in [0.5, 0.6) is 0 Å². The molecule has 3 heterocycles. The Morgan fingerprint density at radius 2 is 2.00 bits per heavy atom. The summed E-state index contributed by atoms with van der Waals surface area (Å²) in [7, 11) is 0. The second-order valence-electron chi connectivity index (χ2n) is 4.54. The second-order valence-corrected chi connectivity index (χ2v) is 4.54. The lowest BCUT2D eigenvalue weighted by Gasteiger charge is -2.28. The molecule has 0 radical (unpaired) electrons. The first-order valence-corrected chi connectivity index (χ1v) is 6.02. The normalized spacial score (nSPS) is 16.7. The van der Waals surface area contributed by atoms with Crippen LogP contribution in [0.25, 0.3) is 5.65 Å². The number of rotatable bonds is 1. The van der Waals surface area contributed by atoms with E-state index in [0.717, 1.165) is 49.0 Å². The lowest BCUT2D eigenvalue weighted by atomic mass is 10.3. The number of hydrogen-bond donors (Lipinski definition) is 1. The Morgan fingerprint density at radius 1 is 1.24 bits per heavy atom. The molecule has 2 aromatic rings. The molecule has 0 saturated carbocycles. The van der Waals surface area contributed by atoms with E-state index >= 15 is 0 Å². The molecule has 3 rings (SSSR count). The predicted molar refractivity (Wildman–Crippen MR) is 67.5 cm³/mol. The summed E-state index contributed by atoms with van der Waals surface area (Å²) < 4.78 is 2.12. The van der Waals surface area contributed by atoms with Gasteiger partial charge in [-0.05, 0) is 13.8 Å². The van der Waals surface area contributed by atoms with Gasteiger partial charge in [-0.3, -0.25) is 4.40 Å². The molecule has 0 unspecified atom stereocenters. The number of anilines is 1. The van der Waals surface area contributed by atoms with Crippen molar-refractivity contribution in [2.75, 3.05) is 31.1 Å². The standard InChI is InChI=1S/C12H17N5/c1-9-8-17-10(2)7-14-11(17)12(15-9)16-5-3-13-4-6-16/h7-8,13H,3-6H2,1-2H3. The molecule has 0 spiro atoms. The highest BCUT2D eigenvalue weighted by molar-refractivity contribution is 5.65. The fourth-order valence-corrected chi connectivity index (χ4v) is 2.30. The van der Waals surface area contributed by atoms with Crippen LogP contribution in [0.2, 0.25) is 0 Å². The zero-order chi connectivity index (χ0) is 11.8. The molecule has 1 aliphatic rings. The van der Waals surface area contributed by atoms with E-state index in [4.69, 9.17) is 0 Å². The Hall–Kier alpha value is -1.62. The first-order valence-electron chi connectivity index (χ1n) is 6.02. The van der Waals surface area contributed by atoms with Gasteiger partial charge in [-0.2, -0.15) is 0 Å². The quantitative estimate of drug-likeness (QED) is 0.787. The largest absolute Gasteiger partial charge is 0.351 e. The van der Waals surface area contributed by atoms with Gasteiger partial charge in [0.05, 0.1) is 5.69 Å². The number of fused-ring (bicyclic) bond motifs is 1. The van der Waals surface area contributed by atoms with E-state index in [1.165, 1.54) is 0 Å². The molecule has 5 nitrogen and oxygen atoms in total. The van der Waals surface area contributed by atoms with Crippen LogP contribution >= 0.6 is 0 Å². The van der Waals surface area contributed by atoms with Gasteiger partial charge in [0.1, 0.15) is 0 Å². The molecule has 0 aromatic carbocycles. The number of aryl methyl sites for hydroxylation is 2. The number of imidazole rings is 1. The SMILES string of the molecule is Cc1cn2c(C)cnc2c(N2CCNCC2)n1. The smallest absolute Gasteiger partial charge is 0.180 e. The van der Waals surface area contributed by atoms with E-state index in [1.54, 1.807) is 0 Å². The number of nitrogens with one attached hydrogen (secondary N) is 1. The summed E-state index contributed by atoms with van der Waals surface area (Å²) >= 11 is 0. The maximum absolute atomic E-state index is 4.65. The van der Waals surface area contributed by atoms with Crippen LogP contribution < -0.4 is 10.2 Å².